The molecule has 2 atom stereocenters. The summed E-state index contributed by atoms with van der Waals surface area (Å²) in [5.74, 6) is 1.46. The molecule has 0 amide bonds. The molecule has 2 aliphatic rings. The number of rotatable bonds is 5. The topological polar surface area (TPSA) is 60.4 Å². The fraction of sp³-hybridized carbons (Fsp3) is 0.417. The van der Waals surface area contributed by atoms with Crippen molar-refractivity contribution in [2.24, 2.45) is 4.99 Å². The van der Waals surface area contributed by atoms with Gasteiger partial charge in [-0.3, -0.25) is 4.99 Å². The highest BCUT2D eigenvalue weighted by atomic mass is 16.5. The summed E-state index contributed by atoms with van der Waals surface area (Å²) in [6, 6.07) is 11.8. The number of hydrogen-bond acceptors (Lipinski definition) is 6. The maximum absolute atomic E-state index is 11.8. The molecule has 2 aliphatic heterocycles. The second-order valence-corrected chi connectivity index (χ2v) is 7.79. The van der Waals surface area contributed by atoms with Crippen LogP contribution in [0, 0.1) is 0 Å². The molecule has 0 aromatic heterocycles. The van der Waals surface area contributed by atoms with E-state index in [1.807, 2.05) is 25.1 Å². The van der Waals surface area contributed by atoms with Gasteiger partial charge in [-0.25, -0.2) is 4.79 Å². The molecule has 0 radical (unpaired) electrons. The fourth-order valence-corrected chi connectivity index (χ4v) is 4.43. The van der Waals surface area contributed by atoms with Crippen LogP contribution < -0.4 is 9.47 Å². The van der Waals surface area contributed by atoms with Gasteiger partial charge in [0, 0.05) is 23.6 Å². The summed E-state index contributed by atoms with van der Waals surface area (Å²) in [7, 11) is 5.21. The number of fused-ring (bicyclic) bond motifs is 3. The lowest BCUT2D eigenvalue weighted by atomic mass is 9.79. The minimum absolute atomic E-state index is 0.229. The number of hydrogen-bond donors (Lipinski definition) is 0. The van der Waals surface area contributed by atoms with Gasteiger partial charge in [-0.05, 0) is 56.8 Å². The van der Waals surface area contributed by atoms with E-state index in [2.05, 4.69) is 18.0 Å². The third-order valence-corrected chi connectivity index (χ3v) is 5.94. The van der Waals surface area contributed by atoms with E-state index in [9.17, 15) is 4.79 Å². The van der Waals surface area contributed by atoms with Crippen LogP contribution in [-0.2, 0) is 4.74 Å². The van der Waals surface area contributed by atoms with Gasteiger partial charge in [0.2, 0.25) is 0 Å². The molecule has 30 heavy (non-hydrogen) atoms. The molecule has 0 saturated carbocycles. The number of carbonyl (C=O) groups excluding carboxylic acids is 1. The number of nitrogens with zero attached hydrogens (tertiary/aromatic N) is 2. The van der Waals surface area contributed by atoms with Gasteiger partial charge < -0.3 is 19.1 Å². The number of esters is 1. The van der Waals surface area contributed by atoms with Crippen LogP contribution in [0.4, 0.5) is 0 Å². The lowest BCUT2D eigenvalue weighted by molar-refractivity contribution is 0.0600. The Morgan fingerprint density at radius 2 is 1.93 bits per heavy atom. The molecule has 0 spiro atoms. The highest BCUT2D eigenvalue weighted by molar-refractivity contribution is 6.15. The zero-order valence-electron chi connectivity index (χ0n) is 18.0. The summed E-state index contributed by atoms with van der Waals surface area (Å²) in [6.07, 6.45) is 1.01. The van der Waals surface area contributed by atoms with Crippen LogP contribution in [0.25, 0.3) is 0 Å². The third-order valence-electron chi connectivity index (χ3n) is 5.94. The molecular weight excluding hydrogens is 380 g/mol. The highest BCUT2D eigenvalue weighted by Gasteiger charge is 2.36. The number of likely N-dealkylation sites (N-methyl/N-ethyl adjacent to an activating group) is 1. The summed E-state index contributed by atoms with van der Waals surface area (Å²) in [6.45, 7) is 4.56. The molecule has 0 unspecified atom stereocenters. The van der Waals surface area contributed by atoms with Gasteiger partial charge in [0.25, 0.3) is 0 Å². The lowest BCUT2D eigenvalue weighted by Gasteiger charge is -2.39. The average Bonchev–Trinajstić information content (AvgIpc) is 2.78. The van der Waals surface area contributed by atoms with Gasteiger partial charge >= 0.3 is 5.97 Å². The first-order valence-electron chi connectivity index (χ1n) is 10.4. The summed E-state index contributed by atoms with van der Waals surface area (Å²) < 4.78 is 16.3. The summed E-state index contributed by atoms with van der Waals surface area (Å²) >= 11 is 0. The Morgan fingerprint density at radius 1 is 1.17 bits per heavy atom. The SMILES string of the molecule is CCOc1cc2c(cc1OC)C(c1ccc(C(=O)OC)cc1)=N[C@H]1CCN(C)C[C@@H]21. The number of methoxy groups -OCH3 is 2. The van der Waals surface area contributed by atoms with Gasteiger partial charge in [0.05, 0.1) is 38.1 Å². The Labute approximate surface area is 177 Å². The summed E-state index contributed by atoms with van der Waals surface area (Å²) in [4.78, 5) is 19.3. The zero-order valence-corrected chi connectivity index (χ0v) is 18.0. The molecule has 6 nitrogen and oxygen atoms in total. The van der Waals surface area contributed by atoms with Crippen molar-refractivity contribution in [2.75, 3.05) is 41.0 Å². The molecule has 0 N–H and O–H groups in total. The van der Waals surface area contributed by atoms with Crippen LogP contribution in [0.5, 0.6) is 11.5 Å². The number of ether oxygens (including phenoxy) is 3. The molecule has 158 valence electrons. The number of benzene rings is 2. The van der Waals surface area contributed by atoms with Crippen LogP contribution in [0.3, 0.4) is 0 Å². The van der Waals surface area contributed by atoms with Crippen molar-refractivity contribution in [3.05, 3.63) is 58.7 Å². The number of piperidine rings is 1. The minimum Gasteiger partial charge on any atom is -0.493 e. The lowest BCUT2D eigenvalue weighted by Crippen LogP contribution is -2.41. The van der Waals surface area contributed by atoms with Crippen molar-refractivity contribution in [1.82, 2.24) is 4.90 Å². The first-order chi connectivity index (χ1) is 14.5. The fourth-order valence-electron chi connectivity index (χ4n) is 4.43. The van der Waals surface area contributed by atoms with Crippen LogP contribution >= 0.6 is 0 Å². The Morgan fingerprint density at radius 3 is 2.60 bits per heavy atom. The van der Waals surface area contributed by atoms with Gasteiger partial charge in [0.1, 0.15) is 0 Å². The summed E-state index contributed by atoms with van der Waals surface area (Å²) in [5, 5.41) is 0. The molecule has 4 rings (SSSR count). The van der Waals surface area contributed by atoms with Crippen molar-refractivity contribution < 1.29 is 19.0 Å². The number of likely N-dealkylation sites (tertiary alicyclic amines) is 1. The zero-order chi connectivity index (χ0) is 21.3. The molecule has 2 heterocycles. The predicted molar refractivity (Wildman–Crippen MR) is 116 cm³/mol. The average molecular weight is 408 g/mol. The smallest absolute Gasteiger partial charge is 0.337 e. The molecule has 0 aliphatic carbocycles. The van der Waals surface area contributed by atoms with Crippen molar-refractivity contribution >= 4 is 11.7 Å². The van der Waals surface area contributed by atoms with Crippen molar-refractivity contribution in [2.45, 2.75) is 25.3 Å². The summed E-state index contributed by atoms with van der Waals surface area (Å²) in [5.41, 5.74) is 4.76. The molecule has 1 saturated heterocycles. The molecule has 0 bridgehead atoms. The first kappa shape index (κ1) is 20.4. The van der Waals surface area contributed by atoms with Crippen molar-refractivity contribution in [3.8, 4) is 11.5 Å². The van der Waals surface area contributed by atoms with E-state index in [-0.39, 0.29) is 12.0 Å². The van der Waals surface area contributed by atoms with Crippen molar-refractivity contribution in [3.63, 3.8) is 0 Å². The monoisotopic (exact) mass is 408 g/mol. The Balaban J connectivity index is 1.83. The van der Waals surface area contributed by atoms with Gasteiger partial charge in [-0.15, -0.1) is 0 Å². The molecule has 1 fully saturated rings. The third kappa shape index (κ3) is 3.67. The Hall–Kier alpha value is -2.86. The normalized spacial score (nSPS) is 20.6. The van der Waals surface area contributed by atoms with Crippen molar-refractivity contribution in [1.29, 1.82) is 0 Å². The predicted octanol–water partition coefficient (Wildman–Crippen LogP) is 3.52. The van der Waals surface area contributed by atoms with E-state index >= 15 is 0 Å². The molecule has 2 aromatic carbocycles. The van der Waals surface area contributed by atoms with Crippen LogP contribution in [-0.4, -0.2) is 63.6 Å². The van der Waals surface area contributed by atoms with E-state index in [4.69, 9.17) is 19.2 Å². The molecular formula is C24H28N2O4. The standard InChI is InChI=1S/C24H28N2O4/c1-5-30-22-12-17-18(13-21(22)28-3)23(25-20-10-11-26(2)14-19(17)20)15-6-8-16(9-7-15)24(27)29-4/h6-9,12-13,19-20H,5,10-11,14H2,1-4H3/t19-,20-/m0/s1. The van der Waals surface area contributed by atoms with Crippen LogP contribution in [0.2, 0.25) is 0 Å². The van der Waals surface area contributed by atoms with E-state index in [1.54, 1.807) is 19.2 Å². The van der Waals surface area contributed by atoms with Crippen LogP contribution in [0.1, 0.15) is 46.3 Å². The second-order valence-electron chi connectivity index (χ2n) is 7.79. The van der Waals surface area contributed by atoms with Gasteiger partial charge in [0.15, 0.2) is 11.5 Å². The second kappa shape index (κ2) is 8.48. The van der Waals surface area contributed by atoms with Gasteiger partial charge in [-0.2, -0.15) is 0 Å². The number of aliphatic imine (C=N–C) groups is 1. The first-order valence-corrected chi connectivity index (χ1v) is 10.4. The van der Waals surface area contributed by atoms with E-state index in [0.29, 0.717) is 23.8 Å². The highest BCUT2D eigenvalue weighted by Crippen LogP contribution is 2.42. The minimum atomic E-state index is -0.342. The van der Waals surface area contributed by atoms with E-state index in [0.717, 1.165) is 42.1 Å². The maximum Gasteiger partial charge on any atom is 0.337 e. The maximum atomic E-state index is 11.8. The van der Waals surface area contributed by atoms with E-state index < -0.39 is 0 Å². The van der Waals surface area contributed by atoms with Gasteiger partial charge in [-0.1, -0.05) is 12.1 Å². The molecule has 6 heteroatoms. The Bertz CT molecular complexity index is 968. The largest absolute Gasteiger partial charge is 0.493 e. The van der Waals surface area contributed by atoms with Crippen LogP contribution in [0.15, 0.2) is 41.4 Å². The Kier molecular flexibility index (Phi) is 5.77. The number of carbonyl (C=O) groups is 1. The van der Waals surface area contributed by atoms with E-state index in [1.165, 1.54) is 12.7 Å². The quantitative estimate of drug-likeness (QED) is 0.709. The molecule has 2 aromatic rings.